The smallest absolute Gasteiger partial charge is 0.225 e. The molecule has 3 nitrogen and oxygen atoms in total. The first-order valence-electron chi connectivity index (χ1n) is 4.07. The summed E-state index contributed by atoms with van der Waals surface area (Å²) in [6.07, 6.45) is 7.29. The van der Waals surface area contributed by atoms with Crippen LogP contribution in [0.4, 0.5) is 0 Å². The molecule has 0 aliphatic heterocycles. The van der Waals surface area contributed by atoms with Gasteiger partial charge in [-0.05, 0) is 24.5 Å². The SMILES string of the molecule is C=C(C/C=C\CC1=C=C1)C[N+](=O)[O-]. The Morgan fingerprint density at radius 1 is 1.69 bits per heavy atom. The summed E-state index contributed by atoms with van der Waals surface area (Å²) in [5, 5.41) is 10.1. The van der Waals surface area contributed by atoms with Crippen LogP contribution in [0.2, 0.25) is 0 Å². The average Bonchev–Trinajstić information content (AvgIpc) is 2.80. The molecule has 0 atom stereocenters. The third kappa shape index (κ3) is 4.77. The topological polar surface area (TPSA) is 43.1 Å². The molecule has 0 amide bonds. The van der Waals surface area contributed by atoms with Crippen molar-refractivity contribution in [3.8, 4) is 0 Å². The molecule has 0 saturated carbocycles. The average molecular weight is 177 g/mol. The Hall–Kier alpha value is -1.60. The lowest BCUT2D eigenvalue weighted by atomic mass is 10.2. The minimum absolute atomic E-state index is 0.134. The zero-order valence-corrected chi connectivity index (χ0v) is 7.32. The number of hydrogen-bond acceptors (Lipinski definition) is 2. The van der Waals surface area contributed by atoms with Crippen molar-refractivity contribution in [1.29, 1.82) is 0 Å². The lowest BCUT2D eigenvalue weighted by Crippen LogP contribution is -2.02. The van der Waals surface area contributed by atoms with E-state index in [1.54, 1.807) is 0 Å². The van der Waals surface area contributed by atoms with Crippen LogP contribution in [0.15, 0.2) is 41.7 Å². The molecule has 0 unspecified atom stereocenters. The van der Waals surface area contributed by atoms with Gasteiger partial charge in [0.05, 0.1) is 0 Å². The predicted octanol–water partition coefficient (Wildman–Crippen LogP) is 2.25. The van der Waals surface area contributed by atoms with Gasteiger partial charge in [0.25, 0.3) is 0 Å². The molecule has 1 aliphatic carbocycles. The Morgan fingerprint density at radius 2 is 2.38 bits per heavy atom. The van der Waals surface area contributed by atoms with Crippen LogP contribution >= 0.6 is 0 Å². The highest BCUT2D eigenvalue weighted by Crippen LogP contribution is 2.12. The van der Waals surface area contributed by atoms with E-state index in [-0.39, 0.29) is 11.5 Å². The molecule has 0 saturated heterocycles. The van der Waals surface area contributed by atoms with Crippen LogP contribution in [0, 0.1) is 10.1 Å². The van der Waals surface area contributed by atoms with Gasteiger partial charge in [0.2, 0.25) is 6.54 Å². The van der Waals surface area contributed by atoms with Crippen molar-refractivity contribution in [2.45, 2.75) is 12.8 Å². The molecule has 68 valence electrons. The van der Waals surface area contributed by atoms with E-state index < -0.39 is 0 Å². The van der Waals surface area contributed by atoms with Crippen LogP contribution in [0.5, 0.6) is 0 Å². The number of nitro groups is 1. The summed E-state index contributed by atoms with van der Waals surface area (Å²) in [7, 11) is 0. The summed E-state index contributed by atoms with van der Waals surface area (Å²) in [6.45, 7) is 3.47. The fourth-order valence-electron chi connectivity index (χ4n) is 0.876. The fraction of sp³-hybridized carbons (Fsp3) is 0.300. The van der Waals surface area contributed by atoms with Gasteiger partial charge in [0.15, 0.2) is 0 Å². The third-order valence-corrected chi connectivity index (χ3v) is 1.61. The Kier molecular flexibility index (Phi) is 3.23. The lowest BCUT2D eigenvalue weighted by Gasteiger charge is -1.93. The standard InChI is InChI=1S/C10H11NO2/c1-9(8-11(12)13)4-2-3-5-10-6-7-10/h2-3,6H,1,4-5,8H2/b3-2-. The normalized spacial score (nSPS) is 13.1. The summed E-state index contributed by atoms with van der Waals surface area (Å²) in [6, 6.07) is 0. The van der Waals surface area contributed by atoms with Gasteiger partial charge >= 0.3 is 0 Å². The minimum atomic E-state index is -0.360. The molecular weight excluding hydrogens is 166 g/mol. The molecule has 0 aromatic carbocycles. The van der Waals surface area contributed by atoms with Crippen LogP contribution < -0.4 is 0 Å². The van der Waals surface area contributed by atoms with Gasteiger partial charge in [-0.2, -0.15) is 0 Å². The maximum atomic E-state index is 10.1. The van der Waals surface area contributed by atoms with Gasteiger partial charge < -0.3 is 0 Å². The first kappa shape index (κ1) is 9.49. The van der Waals surface area contributed by atoms with Crippen LogP contribution in [-0.4, -0.2) is 11.5 Å². The first-order chi connectivity index (χ1) is 6.18. The van der Waals surface area contributed by atoms with Gasteiger partial charge in [-0.1, -0.05) is 18.7 Å². The van der Waals surface area contributed by atoms with Crippen molar-refractivity contribution >= 4 is 0 Å². The molecule has 3 heteroatoms. The van der Waals surface area contributed by atoms with Gasteiger partial charge in [-0.25, -0.2) is 0 Å². The maximum absolute atomic E-state index is 10.1. The van der Waals surface area contributed by atoms with Crippen molar-refractivity contribution in [3.05, 3.63) is 51.8 Å². The highest BCUT2D eigenvalue weighted by molar-refractivity contribution is 5.33. The fourth-order valence-corrected chi connectivity index (χ4v) is 0.876. The zero-order chi connectivity index (χ0) is 9.68. The molecule has 0 heterocycles. The van der Waals surface area contributed by atoms with Gasteiger partial charge in [-0.15, -0.1) is 5.73 Å². The van der Waals surface area contributed by atoms with E-state index in [1.165, 1.54) is 5.57 Å². The molecule has 13 heavy (non-hydrogen) atoms. The Labute approximate surface area is 76.9 Å². The van der Waals surface area contributed by atoms with E-state index in [2.05, 4.69) is 12.3 Å². The minimum Gasteiger partial charge on any atom is -0.264 e. The number of allylic oxidation sites excluding steroid dienone is 3. The van der Waals surface area contributed by atoms with Crippen molar-refractivity contribution in [1.82, 2.24) is 0 Å². The molecule has 1 rings (SSSR count). The Balaban J connectivity index is 2.09. The van der Waals surface area contributed by atoms with Crippen molar-refractivity contribution < 1.29 is 4.92 Å². The molecule has 0 aromatic rings. The number of nitrogens with zero attached hydrogens (tertiary/aromatic N) is 1. The van der Waals surface area contributed by atoms with Crippen molar-refractivity contribution in [3.63, 3.8) is 0 Å². The van der Waals surface area contributed by atoms with E-state index in [1.807, 2.05) is 18.2 Å². The molecule has 0 N–H and O–H groups in total. The van der Waals surface area contributed by atoms with Crippen LogP contribution in [0.3, 0.4) is 0 Å². The number of rotatable bonds is 6. The Bertz CT molecular complexity index is 320. The zero-order valence-electron chi connectivity index (χ0n) is 7.32. The second-order valence-corrected chi connectivity index (χ2v) is 2.93. The monoisotopic (exact) mass is 177 g/mol. The van der Waals surface area contributed by atoms with Crippen molar-refractivity contribution in [2.24, 2.45) is 0 Å². The molecule has 0 spiro atoms. The second-order valence-electron chi connectivity index (χ2n) is 2.93. The summed E-state index contributed by atoms with van der Waals surface area (Å²) in [5.74, 6) is 0. The van der Waals surface area contributed by atoms with Gasteiger partial charge in [0.1, 0.15) is 0 Å². The second kappa shape index (κ2) is 4.43. The molecule has 0 bridgehead atoms. The van der Waals surface area contributed by atoms with E-state index in [0.29, 0.717) is 12.0 Å². The highest BCUT2D eigenvalue weighted by Gasteiger charge is 2.00. The van der Waals surface area contributed by atoms with Crippen molar-refractivity contribution in [2.75, 3.05) is 6.54 Å². The Morgan fingerprint density at radius 3 is 2.92 bits per heavy atom. The van der Waals surface area contributed by atoms with E-state index in [9.17, 15) is 10.1 Å². The summed E-state index contributed by atoms with van der Waals surface area (Å²) in [4.78, 5) is 9.70. The maximum Gasteiger partial charge on any atom is 0.225 e. The van der Waals surface area contributed by atoms with E-state index in [0.717, 1.165) is 6.42 Å². The largest absolute Gasteiger partial charge is 0.264 e. The highest BCUT2D eigenvalue weighted by atomic mass is 16.6. The van der Waals surface area contributed by atoms with Crippen LogP contribution in [0.25, 0.3) is 0 Å². The summed E-state index contributed by atoms with van der Waals surface area (Å²) >= 11 is 0. The van der Waals surface area contributed by atoms with E-state index >= 15 is 0 Å². The lowest BCUT2D eigenvalue weighted by molar-refractivity contribution is -0.470. The predicted molar refractivity (Wildman–Crippen MR) is 51.0 cm³/mol. The van der Waals surface area contributed by atoms with Crippen LogP contribution in [0.1, 0.15) is 12.8 Å². The molecule has 0 aromatic heterocycles. The first-order valence-corrected chi connectivity index (χ1v) is 4.07. The molecular formula is C10H11NO2. The third-order valence-electron chi connectivity index (χ3n) is 1.61. The quantitative estimate of drug-likeness (QED) is 0.270. The summed E-state index contributed by atoms with van der Waals surface area (Å²) < 4.78 is 0. The van der Waals surface area contributed by atoms with Gasteiger partial charge in [0, 0.05) is 10.5 Å². The molecule has 1 aliphatic rings. The molecule has 0 radical (unpaired) electrons. The number of hydrogen-bond donors (Lipinski definition) is 0. The summed E-state index contributed by atoms with van der Waals surface area (Å²) in [5.41, 5.74) is 4.81. The van der Waals surface area contributed by atoms with Gasteiger partial charge in [-0.3, -0.25) is 10.1 Å². The molecule has 0 fully saturated rings. The van der Waals surface area contributed by atoms with E-state index in [4.69, 9.17) is 0 Å². The van der Waals surface area contributed by atoms with Crippen LogP contribution in [-0.2, 0) is 0 Å².